The molecule has 0 amide bonds. The maximum Gasteiger partial charge on any atom is 0.199 e. The van der Waals surface area contributed by atoms with Gasteiger partial charge >= 0.3 is 0 Å². The van der Waals surface area contributed by atoms with Crippen LogP contribution in [-0.2, 0) is 19.8 Å². The minimum absolute atomic E-state index is 0.199. The van der Waals surface area contributed by atoms with Crippen LogP contribution in [0.2, 0.25) is 5.02 Å². The van der Waals surface area contributed by atoms with E-state index in [1.165, 1.54) is 0 Å². The molecule has 2 N–H and O–H groups in total. The van der Waals surface area contributed by atoms with Crippen LogP contribution in [0.1, 0.15) is 33.5 Å². The van der Waals surface area contributed by atoms with Gasteiger partial charge in [0.25, 0.3) is 0 Å². The zero-order chi connectivity index (χ0) is 26.1. The maximum absolute atomic E-state index is 14.1. The van der Waals surface area contributed by atoms with Crippen molar-refractivity contribution in [3.8, 4) is 22.8 Å². The summed E-state index contributed by atoms with van der Waals surface area (Å²) in [6.07, 6.45) is 0.757. The van der Waals surface area contributed by atoms with Crippen molar-refractivity contribution in [1.29, 1.82) is 0 Å². The molecule has 0 spiro atoms. The van der Waals surface area contributed by atoms with E-state index in [4.69, 9.17) is 31.9 Å². The summed E-state index contributed by atoms with van der Waals surface area (Å²) in [6, 6.07) is 27.1. The van der Waals surface area contributed by atoms with Crippen LogP contribution in [0.5, 0.6) is 11.5 Å². The second-order valence-electron chi connectivity index (χ2n) is 9.22. The van der Waals surface area contributed by atoms with Crippen molar-refractivity contribution >= 4 is 28.3 Å². The third-order valence-corrected chi connectivity index (χ3v) is 7.05. The molecular formula is C31H26ClN3O3. The lowest BCUT2D eigenvalue weighted by molar-refractivity contribution is 0.103. The second kappa shape index (κ2) is 10.3. The van der Waals surface area contributed by atoms with Gasteiger partial charge in [-0.2, -0.15) is 5.10 Å². The first-order valence-electron chi connectivity index (χ1n) is 12.6. The third kappa shape index (κ3) is 4.32. The fourth-order valence-electron chi connectivity index (χ4n) is 4.92. The fourth-order valence-corrected chi connectivity index (χ4v) is 5.16. The molecular weight excluding hydrogens is 498 g/mol. The molecule has 0 unspecified atom stereocenters. The van der Waals surface area contributed by atoms with E-state index in [2.05, 4.69) is 0 Å². The Morgan fingerprint density at radius 2 is 1.37 bits per heavy atom. The Bertz CT molecular complexity index is 1630. The number of ketones is 1. The number of hydrogen-bond donors (Lipinski definition) is 1. The van der Waals surface area contributed by atoms with E-state index in [0.29, 0.717) is 65.2 Å². The molecule has 38 heavy (non-hydrogen) atoms. The molecule has 6 nitrogen and oxygen atoms in total. The molecule has 1 aliphatic carbocycles. The molecule has 0 atom stereocenters. The van der Waals surface area contributed by atoms with Crippen LogP contribution < -0.4 is 15.2 Å². The van der Waals surface area contributed by atoms with Crippen LogP contribution in [0.4, 0.5) is 0 Å². The van der Waals surface area contributed by atoms with Crippen molar-refractivity contribution < 1.29 is 14.3 Å². The number of fused-ring (bicyclic) bond motifs is 2. The van der Waals surface area contributed by atoms with Gasteiger partial charge < -0.3 is 15.2 Å². The van der Waals surface area contributed by atoms with E-state index in [-0.39, 0.29) is 5.78 Å². The molecule has 1 aliphatic rings. The van der Waals surface area contributed by atoms with Crippen LogP contribution in [-0.4, -0.2) is 22.1 Å². The third-order valence-electron chi connectivity index (χ3n) is 6.74. The Morgan fingerprint density at radius 3 is 1.97 bits per heavy atom. The second-order valence-corrected chi connectivity index (χ2v) is 9.63. The van der Waals surface area contributed by atoms with Gasteiger partial charge in [-0.05, 0) is 48.4 Å². The van der Waals surface area contributed by atoms with Gasteiger partial charge in [-0.25, -0.2) is 0 Å². The number of nitrogens with two attached hydrogens (primary N) is 1. The lowest BCUT2D eigenvalue weighted by Gasteiger charge is -2.22. The molecule has 0 saturated heterocycles. The van der Waals surface area contributed by atoms with Crippen molar-refractivity contribution in [2.24, 2.45) is 5.73 Å². The molecule has 0 aliphatic heterocycles. The number of aryl methyl sites for hydroxylation is 1. The van der Waals surface area contributed by atoms with Crippen molar-refractivity contribution in [1.82, 2.24) is 9.78 Å². The molecule has 1 aromatic heterocycles. The number of benzene rings is 4. The van der Waals surface area contributed by atoms with Gasteiger partial charge in [0.2, 0.25) is 0 Å². The lowest BCUT2D eigenvalue weighted by atomic mass is 9.86. The standard InChI is InChI=1S/C31H26ClN3O3/c32-22-12-13-23-27-26(22)31(36)29-25(38-19-21-10-5-2-6-11-21)15-14-24(37-18-20-8-3-1-4-9-20)28(29)30(27)34-35(23)17-7-16-33/h1-6,8-15H,7,16-19,33H2. The molecule has 190 valence electrons. The van der Waals surface area contributed by atoms with E-state index in [9.17, 15) is 4.79 Å². The molecule has 0 bridgehead atoms. The highest BCUT2D eigenvalue weighted by atomic mass is 35.5. The number of carbonyl (C=O) groups is 1. The molecule has 0 radical (unpaired) electrons. The van der Waals surface area contributed by atoms with E-state index in [0.717, 1.165) is 28.5 Å². The summed E-state index contributed by atoms with van der Waals surface area (Å²) in [5, 5.41) is 6.08. The number of rotatable bonds is 9. The van der Waals surface area contributed by atoms with E-state index < -0.39 is 0 Å². The van der Waals surface area contributed by atoms with Gasteiger partial charge in [0.1, 0.15) is 30.4 Å². The number of hydrogen-bond acceptors (Lipinski definition) is 5. The average Bonchev–Trinajstić information content (AvgIpc) is 3.32. The molecule has 5 aromatic rings. The summed E-state index contributed by atoms with van der Waals surface area (Å²) < 4.78 is 14.4. The van der Waals surface area contributed by atoms with Crippen molar-refractivity contribution in [3.05, 3.63) is 112 Å². The van der Waals surface area contributed by atoms with Crippen LogP contribution >= 0.6 is 11.6 Å². The summed E-state index contributed by atoms with van der Waals surface area (Å²) in [5.41, 5.74) is 10.8. The summed E-state index contributed by atoms with van der Waals surface area (Å²) in [4.78, 5) is 14.1. The lowest BCUT2D eigenvalue weighted by Crippen LogP contribution is -2.14. The molecule has 6 rings (SSSR count). The van der Waals surface area contributed by atoms with Crippen LogP contribution in [0.15, 0.2) is 84.9 Å². The number of carbonyl (C=O) groups excluding carboxylic acids is 1. The molecule has 4 aromatic carbocycles. The fraction of sp³-hybridized carbons (Fsp3) is 0.161. The summed E-state index contributed by atoms with van der Waals surface area (Å²) >= 11 is 6.64. The highest BCUT2D eigenvalue weighted by Crippen LogP contribution is 2.48. The van der Waals surface area contributed by atoms with Crippen molar-refractivity contribution in [3.63, 3.8) is 0 Å². The van der Waals surface area contributed by atoms with E-state index in [1.54, 1.807) is 12.1 Å². The average molecular weight is 524 g/mol. The maximum atomic E-state index is 14.1. The zero-order valence-corrected chi connectivity index (χ0v) is 21.4. The Morgan fingerprint density at radius 1 is 0.763 bits per heavy atom. The topological polar surface area (TPSA) is 79.4 Å². The molecule has 0 fully saturated rings. The molecule has 7 heteroatoms. The highest BCUT2D eigenvalue weighted by molar-refractivity contribution is 6.39. The summed E-state index contributed by atoms with van der Waals surface area (Å²) in [6.45, 7) is 1.84. The summed E-state index contributed by atoms with van der Waals surface area (Å²) in [5.74, 6) is 0.839. The van der Waals surface area contributed by atoms with E-state index >= 15 is 0 Å². The minimum Gasteiger partial charge on any atom is -0.488 e. The van der Waals surface area contributed by atoms with Crippen LogP contribution in [0.3, 0.4) is 0 Å². The number of nitrogens with zero attached hydrogens (tertiary/aromatic N) is 2. The number of ether oxygens (including phenoxy) is 2. The van der Waals surface area contributed by atoms with Gasteiger partial charge in [0.15, 0.2) is 5.78 Å². The first-order chi connectivity index (χ1) is 18.7. The highest BCUT2D eigenvalue weighted by Gasteiger charge is 2.35. The predicted octanol–water partition coefficient (Wildman–Crippen LogP) is 6.41. The smallest absolute Gasteiger partial charge is 0.199 e. The SMILES string of the molecule is NCCCn1nc2c3c(c(Cl)ccc31)C(=O)c1c(OCc3ccccc3)ccc(OCc3ccccc3)c1-2. The Balaban J connectivity index is 1.51. The van der Waals surface area contributed by atoms with Gasteiger partial charge in [-0.3, -0.25) is 9.48 Å². The largest absolute Gasteiger partial charge is 0.488 e. The van der Waals surface area contributed by atoms with Crippen LogP contribution in [0.25, 0.3) is 22.2 Å². The predicted molar refractivity (Wildman–Crippen MR) is 149 cm³/mol. The van der Waals surface area contributed by atoms with Crippen molar-refractivity contribution in [2.75, 3.05) is 6.54 Å². The summed E-state index contributed by atoms with van der Waals surface area (Å²) in [7, 11) is 0. The Labute approximate surface area is 225 Å². The van der Waals surface area contributed by atoms with E-state index in [1.807, 2.05) is 77.5 Å². The number of aromatic nitrogens is 2. The van der Waals surface area contributed by atoms with Crippen molar-refractivity contribution in [2.45, 2.75) is 26.2 Å². The normalized spacial score (nSPS) is 12.0. The van der Waals surface area contributed by atoms with Gasteiger partial charge in [-0.15, -0.1) is 0 Å². The van der Waals surface area contributed by atoms with Gasteiger partial charge in [0, 0.05) is 11.9 Å². The molecule has 0 saturated carbocycles. The first-order valence-corrected chi connectivity index (χ1v) is 13.0. The zero-order valence-electron chi connectivity index (χ0n) is 20.7. The van der Waals surface area contributed by atoms with Gasteiger partial charge in [0.05, 0.1) is 27.2 Å². The number of halogens is 1. The monoisotopic (exact) mass is 523 g/mol. The Hall–Kier alpha value is -4.13. The Kier molecular flexibility index (Phi) is 6.58. The quantitative estimate of drug-likeness (QED) is 0.237. The first kappa shape index (κ1) is 24.2. The van der Waals surface area contributed by atoms with Gasteiger partial charge in [-0.1, -0.05) is 72.3 Å². The van der Waals surface area contributed by atoms with Crippen LogP contribution in [0, 0.1) is 0 Å². The molecule has 1 heterocycles. The minimum atomic E-state index is -0.199.